The molecule has 1 aromatic heterocycles. The average Bonchev–Trinajstić information content (AvgIpc) is 3.09. The molecular weight excluding hydrogens is 308 g/mol. The number of carbonyl (C=O) groups is 1. The van der Waals surface area contributed by atoms with Crippen LogP contribution in [0.15, 0.2) is 18.3 Å². The molecule has 2 fully saturated rings. The van der Waals surface area contributed by atoms with Gasteiger partial charge in [-0.2, -0.15) is 0 Å². The highest BCUT2D eigenvalue weighted by molar-refractivity contribution is 5.81. The van der Waals surface area contributed by atoms with Crippen molar-refractivity contribution in [3.05, 3.63) is 23.9 Å². The first-order valence-electron chi connectivity index (χ1n) is 8.60. The number of hydrogen-bond acceptors (Lipinski definition) is 6. The van der Waals surface area contributed by atoms with Crippen molar-refractivity contribution in [1.29, 1.82) is 0 Å². The van der Waals surface area contributed by atoms with E-state index in [0.29, 0.717) is 13.1 Å². The van der Waals surface area contributed by atoms with Crippen molar-refractivity contribution in [1.82, 2.24) is 10.3 Å². The number of nitrogens with two attached hydrogens (primary N) is 1. The van der Waals surface area contributed by atoms with E-state index in [4.69, 9.17) is 15.2 Å². The molecule has 2 aliphatic rings. The van der Waals surface area contributed by atoms with Crippen molar-refractivity contribution >= 4 is 11.7 Å². The van der Waals surface area contributed by atoms with Crippen LogP contribution in [-0.4, -0.2) is 55.4 Å². The van der Waals surface area contributed by atoms with Crippen molar-refractivity contribution in [2.24, 2.45) is 5.73 Å². The Morgan fingerprint density at radius 1 is 1.46 bits per heavy atom. The average molecular weight is 334 g/mol. The van der Waals surface area contributed by atoms with Gasteiger partial charge in [0.15, 0.2) is 0 Å². The summed E-state index contributed by atoms with van der Waals surface area (Å²) in [5.41, 5.74) is 6.54. The molecule has 1 aromatic rings. The summed E-state index contributed by atoms with van der Waals surface area (Å²) in [5.74, 6) is 0.877. The van der Waals surface area contributed by atoms with Crippen LogP contribution >= 0.6 is 0 Å². The zero-order valence-electron chi connectivity index (χ0n) is 14.1. The molecule has 0 radical (unpaired) electrons. The molecule has 2 aliphatic heterocycles. The number of nitrogens with zero attached hydrogens (tertiary/aromatic N) is 2. The summed E-state index contributed by atoms with van der Waals surface area (Å²) in [6.45, 7) is 5.43. The van der Waals surface area contributed by atoms with Crippen molar-refractivity contribution in [2.45, 2.75) is 44.6 Å². The Morgan fingerprint density at radius 2 is 2.33 bits per heavy atom. The van der Waals surface area contributed by atoms with Gasteiger partial charge < -0.3 is 25.4 Å². The van der Waals surface area contributed by atoms with Gasteiger partial charge in [-0.15, -0.1) is 0 Å². The van der Waals surface area contributed by atoms with E-state index >= 15 is 0 Å². The molecule has 1 unspecified atom stereocenters. The summed E-state index contributed by atoms with van der Waals surface area (Å²) >= 11 is 0. The normalized spacial score (nSPS) is 27.2. The second kappa shape index (κ2) is 7.92. The number of anilines is 1. The third kappa shape index (κ3) is 4.23. The summed E-state index contributed by atoms with van der Waals surface area (Å²) in [4.78, 5) is 18.8. The summed E-state index contributed by atoms with van der Waals surface area (Å²) in [6.07, 6.45) is 3.26. The van der Waals surface area contributed by atoms with Gasteiger partial charge >= 0.3 is 0 Å². The number of carbonyl (C=O) groups excluding carboxylic acids is 1. The number of morpholine rings is 1. The summed E-state index contributed by atoms with van der Waals surface area (Å²) in [6, 6.07) is 4.00. The van der Waals surface area contributed by atoms with Gasteiger partial charge in [0, 0.05) is 32.4 Å². The van der Waals surface area contributed by atoms with Crippen LogP contribution in [-0.2, 0) is 20.8 Å². The molecule has 3 heterocycles. The Labute approximate surface area is 142 Å². The van der Waals surface area contributed by atoms with E-state index in [0.717, 1.165) is 43.9 Å². The Morgan fingerprint density at radius 3 is 3.00 bits per heavy atom. The highest BCUT2D eigenvalue weighted by Gasteiger charge is 2.29. The fraction of sp³-hybridized carbons (Fsp3) is 0.647. The fourth-order valence-electron chi connectivity index (χ4n) is 3.11. The lowest BCUT2D eigenvalue weighted by Gasteiger charge is -2.32. The highest BCUT2D eigenvalue weighted by Crippen LogP contribution is 2.19. The molecule has 3 rings (SSSR count). The maximum atomic E-state index is 12.1. The van der Waals surface area contributed by atoms with Gasteiger partial charge in [0.2, 0.25) is 5.91 Å². The molecular formula is C17H26N4O3. The van der Waals surface area contributed by atoms with E-state index in [2.05, 4.69) is 22.1 Å². The number of nitrogens with one attached hydrogen (secondary N) is 1. The Hall–Kier alpha value is -1.70. The van der Waals surface area contributed by atoms with Crippen molar-refractivity contribution in [2.75, 3.05) is 31.1 Å². The minimum absolute atomic E-state index is 0.0117. The zero-order chi connectivity index (χ0) is 16.9. The number of amides is 1. The smallest absolute Gasteiger partial charge is 0.249 e. The third-order valence-corrected chi connectivity index (χ3v) is 4.50. The summed E-state index contributed by atoms with van der Waals surface area (Å²) in [5, 5.41) is 2.91. The minimum atomic E-state index is -0.374. The highest BCUT2D eigenvalue weighted by atomic mass is 16.5. The van der Waals surface area contributed by atoms with Crippen LogP contribution in [0.1, 0.15) is 25.3 Å². The standard InChI is InChI=1S/C17H26N4O3/c1-12-11-21(6-7-23-12)16-5-2-13(9-19-16)10-20-17(22)15-4-3-14(8-18)24-15/h2,5,9,12,14-15H,3-4,6-8,10-11,18H2,1H3,(H,20,22)/t12?,14-,15+/m1/s1. The van der Waals surface area contributed by atoms with Gasteiger partial charge in [-0.1, -0.05) is 6.07 Å². The van der Waals surface area contributed by atoms with E-state index in [1.165, 1.54) is 0 Å². The second-order valence-corrected chi connectivity index (χ2v) is 6.43. The lowest BCUT2D eigenvalue weighted by Crippen LogP contribution is -2.41. The van der Waals surface area contributed by atoms with Gasteiger partial charge in [-0.25, -0.2) is 4.98 Å². The lowest BCUT2D eigenvalue weighted by atomic mass is 10.2. The van der Waals surface area contributed by atoms with Gasteiger partial charge in [-0.3, -0.25) is 4.79 Å². The first kappa shape index (κ1) is 17.1. The van der Waals surface area contributed by atoms with Crippen LogP contribution in [0, 0.1) is 0 Å². The van der Waals surface area contributed by atoms with Crippen LogP contribution in [0.2, 0.25) is 0 Å². The third-order valence-electron chi connectivity index (χ3n) is 4.50. The van der Waals surface area contributed by atoms with E-state index in [-0.39, 0.29) is 24.2 Å². The van der Waals surface area contributed by atoms with E-state index < -0.39 is 0 Å². The molecule has 24 heavy (non-hydrogen) atoms. The van der Waals surface area contributed by atoms with E-state index in [1.54, 1.807) is 0 Å². The predicted octanol–water partition coefficient (Wildman–Crippen LogP) is 0.429. The van der Waals surface area contributed by atoms with Crippen LogP contribution in [0.5, 0.6) is 0 Å². The lowest BCUT2D eigenvalue weighted by molar-refractivity contribution is -0.132. The second-order valence-electron chi connectivity index (χ2n) is 6.43. The maximum absolute atomic E-state index is 12.1. The topological polar surface area (TPSA) is 89.7 Å². The Kier molecular flexibility index (Phi) is 5.65. The van der Waals surface area contributed by atoms with Gasteiger partial charge in [0.1, 0.15) is 11.9 Å². The molecule has 7 heteroatoms. The largest absolute Gasteiger partial charge is 0.375 e. The molecule has 3 atom stereocenters. The van der Waals surface area contributed by atoms with Crippen LogP contribution in [0.4, 0.5) is 5.82 Å². The molecule has 0 aromatic carbocycles. The van der Waals surface area contributed by atoms with Gasteiger partial charge in [0.05, 0.1) is 18.8 Å². The quantitative estimate of drug-likeness (QED) is 0.812. The summed E-state index contributed by atoms with van der Waals surface area (Å²) < 4.78 is 11.1. The predicted molar refractivity (Wildman–Crippen MR) is 90.7 cm³/mol. The number of aromatic nitrogens is 1. The number of rotatable bonds is 5. The molecule has 1 amide bonds. The molecule has 0 bridgehead atoms. The summed E-state index contributed by atoms with van der Waals surface area (Å²) in [7, 11) is 0. The molecule has 0 saturated carbocycles. The first-order valence-corrected chi connectivity index (χ1v) is 8.60. The van der Waals surface area contributed by atoms with Crippen molar-refractivity contribution in [3.8, 4) is 0 Å². The molecule has 0 spiro atoms. The first-order chi connectivity index (χ1) is 11.7. The SMILES string of the molecule is CC1CN(c2ccc(CNC(=O)[C@@H]3CC[C@H](CN)O3)cn2)CCO1. The molecule has 0 aliphatic carbocycles. The maximum Gasteiger partial charge on any atom is 0.249 e. The Balaban J connectivity index is 1.48. The number of ether oxygens (including phenoxy) is 2. The van der Waals surface area contributed by atoms with Crippen molar-refractivity contribution in [3.63, 3.8) is 0 Å². The van der Waals surface area contributed by atoms with Crippen LogP contribution < -0.4 is 16.0 Å². The molecule has 7 nitrogen and oxygen atoms in total. The molecule has 2 saturated heterocycles. The molecule has 132 valence electrons. The van der Waals surface area contributed by atoms with Gasteiger partial charge in [0.25, 0.3) is 0 Å². The Bertz CT molecular complexity index is 551. The van der Waals surface area contributed by atoms with Crippen LogP contribution in [0.25, 0.3) is 0 Å². The molecule has 3 N–H and O–H groups in total. The fourth-order valence-corrected chi connectivity index (χ4v) is 3.11. The number of pyridine rings is 1. The van der Waals surface area contributed by atoms with Crippen LogP contribution in [0.3, 0.4) is 0 Å². The van der Waals surface area contributed by atoms with Gasteiger partial charge in [-0.05, 0) is 31.4 Å². The van der Waals surface area contributed by atoms with Crippen molar-refractivity contribution < 1.29 is 14.3 Å². The van der Waals surface area contributed by atoms with E-state index in [9.17, 15) is 4.79 Å². The minimum Gasteiger partial charge on any atom is -0.375 e. The zero-order valence-corrected chi connectivity index (χ0v) is 14.1. The monoisotopic (exact) mass is 334 g/mol. The van der Waals surface area contributed by atoms with E-state index in [1.807, 2.05) is 18.3 Å². The number of hydrogen-bond donors (Lipinski definition) is 2.